The number of aliphatic hydroxyl groups excluding tert-OH is 1. The fourth-order valence-electron chi connectivity index (χ4n) is 4.92. The van der Waals surface area contributed by atoms with Gasteiger partial charge in [0.25, 0.3) is 5.91 Å². The van der Waals surface area contributed by atoms with Crippen molar-refractivity contribution in [2.24, 2.45) is 5.92 Å². The van der Waals surface area contributed by atoms with Crippen LogP contribution >= 0.6 is 0 Å². The standard InChI is InChI=1S/C30H33FN4O8S/c1-18-14-35(19(2)16-36)29(37)24-12-21(32-30(38)33-22-7-11-26-27(13-22)42-17-41-26)6-10-25(24)43-28(18)15-34(3)44(39,40)23-8-4-20(31)5-9-23/h4-13,18-19,28,36H,14-17H2,1-3H3,(H2,32,33,38)/t18-,19-,28-/m0/s1. The molecule has 5 rings (SSSR count). The van der Waals surface area contributed by atoms with E-state index in [1.54, 1.807) is 31.2 Å². The number of nitrogens with one attached hydrogen (secondary N) is 2. The van der Waals surface area contributed by atoms with Crippen LogP contribution in [0.1, 0.15) is 24.2 Å². The zero-order valence-electron chi connectivity index (χ0n) is 24.3. The molecule has 3 N–H and O–H groups in total. The average molecular weight is 629 g/mol. The summed E-state index contributed by atoms with van der Waals surface area (Å²) >= 11 is 0. The molecular weight excluding hydrogens is 595 g/mol. The molecule has 0 saturated heterocycles. The number of anilines is 2. The van der Waals surface area contributed by atoms with Crippen LogP contribution in [0, 0.1) is 11.7 Å². The van der Waals surface area contributed by atoms with E-state index in [1.807, 2.05) is 6.92 Å². The number of nitrogens with zero attached hydrogens (tertiary/aromatic N) is 2. The van der Waals surface area contributed by atoms with Crippen LogP contribution in [0.5, 0.6) is 17.2 Å². The van der Waals surface area contributed by atoms with E-state index >= 15 is 0 Å². The molecule has 0 spiro atoms. The minimum atomic E-state index is -3.97. The first-order chi connectivity index (χ1) is 21.0. The highest BCUT2D eigenvalue weighted by Crippen LogP contribution is 2.35. The monoisotopic (exact) mass is 628 g/mol. The normalized spacial score (nSPS) is 18.6. The Balaban J connectivity index is 1.38. The lowest BCUT2D eigenvalue weighted by Gasteiger charge is -2.38. The van der Waals surface area contributed by atoms with Crippen molar-refractivity contribution < 1.29 is 41.7 Å². The molecule has 2 heterocycles. The van der Waals surface area contributed by atoms with Crippen molar-refractivity contribution in [2.75, 3.05) is 44.2 Å². The smallest absolute Gasteiger partial charge is 0.323 e. The molecule has 14 heteroatoms. The van der Waals surface area contributed by atoms with Crippen LogP contribution in [0.25, 0.3) is 0 Å². The Labute approximate surface area is 254 Å². The van der Waals surface area contributed by atoms with E-state index in [0.29, 0.717) is 22.9 Å². The van der Waals surface area contributed by atoms with E-state index in [-0.39, 0.29) is 48.6 Å². The zero-order valence-corrected chi connectivity index (χ0v) is 25.1. The molecular formula is C30H33FN4O8S. The molecule has 3 aromatic rings. The van der Waals surface area contributed by atoms with Gasteiger partial charge in [-0.2, -0.15) is 4.31 Å². The quantitative estimate of drug-likeness (QED) is 0.342. The molecule has 3 atom stereocenters. The number of amides is 3. The van der Waals surface area contributed by atoms with Crippen LogP contribution in [0.4, 0.5) is 20.6 Å². The highest BCUT2D eigenvalue weighted by atomic mass is 32.2. The molecule has 0 fully saturated rings. The van der Waals surface area contributed by atoms with Gasteiger partial charge in [0.15, 0.2) is 11.5 Å². The maximum absolute atomic E-state index is 13.7. The van der Waals surface area contributed by atoms with E-state index in [9.17, 15) is 27.5 Å². The first-order valence-corrected chi connectivity index (χ1v) is 15.3. The number of hydrogen-bond donors (Lipinski definition) is 3. The first kappa shape index (κ1) is 31.0. The summed E-state index contributed by atoms with van der Waals surface area (Å²) in [5, 5.41) is 15.3. The Morgan fingerprint density at radius 3 is 2.36 bits per heavy atom. The molecule has 0 aromatic heterocycles. The topological polar surface area (TPSA) is 147 Å². The summed E-state index contributed by atoms with van der Waals surface area (Å²) in [4.78, 5) is 27.9. The van der Waals surface area contributed by atoms with Crippen LogP contribution in [0.15, 0.2) is 65.6 Å². The average Bonchev–Trinajstić information content (AvgIpc) is 3.47. The van der Waals surface area contributed by atoms with Gasteiger partial charge in [-0.15, -0.1) is 0 Å². The van der Waals surface area contributed by atoms with Crippen molar-refractivity contribution in [1.29, 1.82) is 0 Å². The third-order valence-electron chi connectivity index (χ3n) is 7.51. The number of rotatable bonds is 8. The lowest BCUT2D eigenvalue weighted by atomic mass is 9.99. The Morgan fingerprint density at radius 2 is 1.68 bits per heavy atom. The molecule has 0 unspecified atom stereocenters. The van der Waals surface area contributed by atoms with Gasteiger partial charge in [-0.05, 0) is 61.5 Å². The van der Waals surface area contributed by atoms with Crippen LogP contribution in [-0.4, -0.2) is 80.4 Å². The number of sulfonamides is 1. The summed E-state index contributed by atoms with van der Waals surface area (Å²) in [7, 11) is -2.57. The maximum Gasteiger partial charge on any atom is 0.323 e. The van der Waals surface area contributed by atoms with Gasteiger partial charge in [-0.25, -0.2) is 17.6 Å². The lowest BCUT2D eigenvalue weighted by molar-refractivity contribution is 0.0387. The van der Waals surface area contributed by atoms with Gasteiger partial charge in [0.1, 0.15) is 17.7 Å². The summed E-state index contributed by atoms with van der Waals surface area (Å²) in [6.45, 7) is 3.42. The molecule has 0 aliphatic carbocycles. The summed E-state index contributed by atoms with van der Waals surface area (Å²) in [6.07, 6.45) is -0.705. The second-order valence-electron chi connectivity index (χ2n) is 10.7. The van der Waals surface area contributed by atoms with Crippen molar-refractivity contribution in [3.05, 3.63) is 72.0 Å². The van der Waals surface area contributed by atoms with E-state index in [2.05, 4.69) is 10.6 Å². The van der Waals surface area contributed by atoms with Crippen LogP contribution < -0.4 is 24.8 Å². The van der Waals surface area contributed by atoms with Crippen molar-refractivity contribution in [1.82, 2.24) is 9.21 Å². The fourth-order valence-corrected chi connectivity index (χ4v) is 6.11. The number of benzene rings is 3. The number of urea groups is 1. The molecule has 0 radical (unpaired) electrons. The molecule has 2 aliphatic rings. The van der Waals surface area contributed by atoms with Crippen LogP contribution in [0.3, 0.4) is 0 Å². The predicted octanol–water partition coefficient (Wildman–Crippen LogP) is 3.74. The third-order valence-corrected chi connectivity index (χ3v) is 9.35. The summed E-state index contributed by atoms with van der Waals surface area (Å²) < 4.78 is 57.9. The van der Waals surface area contributed by atoms with E-state index in [1.165, 1.54) is 36.2 Å². The number of hydrogen-bond acceptors (Lipinski definition) is 8. The van der Waals surface area contributed by atoms with Gasteiger partial charge in [0.05, 0.1) is 29.7 Å². The van der Waals surface area contributed by atoms with Gasteiger partial charge in [-0.3, -0.25) is 4.79 Å². The van der Waals surface area contributed by atoms with E-state index < -0.39 is 39.9 Å². The van der Waals surface area contributed by atoms with Gasteiger partial charge < -0.3 is 34.9 Å². The van der Waals surface area contributed by atoms with Gasteiger partial charge in [0.2, 0.25) is 16.8 Å². The van der Waals surface area contributed by atoms with Crippen molar-refractivity contribution in [2.45, 2.75) is 30.9 Å². The molecule has 0 saturated carbocycles. The van der Waals surface area contributed by atoms with Crippen molar-refractivity contribution in [3.8, 4) is 17.2 Å². The second kappa shape index (κ2) is 12.7. The maximum atomic E-state index is 13.7. The molecule has 44 heavy (non-hydrogen) atoms. The van der Waals surface area contributed by atoms with Crippen LogP contribution in [0.2, 0.25) is 0 Å². The van der Waals surface area contributed by atoms with Crippen molar-refractivity contribution >= 4 is 33.3 Å². The first-order valence-electron chi connectivity index (χ1n) is 13.9. The molecule has 0 bridgehead atoms. The molecule has 2 aliphatic heterocycles. The predicted molar refractivity (Wildman–Crippen MR) is 159 cm³/mol. The summed E-state index contributed by atoms with van der Waals surface area (Å²) in [5.74, 6) is -0.0521. The highest BCUT2D eigenvalue weighted by molar-refractivity contribution is 7.89. The van der Waals surface area contributed by atoms with Crippen LogP contribution in [-0.2, 0) is 10.0 Å². The van der Waals surface area contributed by atoms with E-state index in [0.717, 1.165) is 16.4 Å². The highest BCUT2D eigenvalue weighted by Gasteiger charge is 2.35. The Kier molecular flexibility index (Phi) is 8.95. The minimum Gasteiger partial charge on any atom is -0.488 e. The summed E-state index contributed by atoms with van der Waals surface area (Å²) in [5.41, 5.74) is 0.903. The number of carbonyl (C=O) groups is 2. The fraction of sp³-hybridized carbons (Fsp3) is 0.333. The second-order valence-corrected chi connectivity index (χ2v) is 12.8. The number of halogens is 1. The van der Waals surface area contributed by atoms with Gasteiger partial charge >= 0.3 is 6.03 Å². The number of likely N-dealkylation sites (N-methyl/N-ethyl adjacent to an activating group) is 1. The molecule has 3 amide bonds. The molecule has 3 aromatic carbocycles. The van der Waals surface area contributed by atoms with Gasteiger partial charge in [0, 0.05) is 37.0 Å². The Hall–Kier alpha value is -4.40. The minimum absolute atomic E-state index is 0.0688. The van der Waals surface area contributed by atoms with Gasteiger partial charge in [-0.1, -0.05) is 6.92 Å². The Morgan fingerprint density at radius 1 is 1.05 bits per heavy atom. The van der Waals surface area contributed by atoms with E-state index in [4.69, 9.17) is 14.2 Å². The number of carbonyl (C=O) groups excluding carboxylic acids is 2. The van der Waals surface area contributed by atoms with Crippen molar-refractivity contribution in [3.63, 3.8) is 0 Å². The summed E-state index contributed by atoms with van der Waals surface area (Å²) in [6, 6.07) is 13.0. The molecule has 234 valence electrons. The lowest BCUT2D eigenvalue weighted by Crippen LogP contribution is -2.50. The zero-order chi connectivity index (χ0) is 31.6. The third kappa shape index (κ3) is 6.56. The molecule has 12 nitrogen and oxygen atoms in total. The Bertz CT molecular complexity index is 1650. The SMILES string of the molecule is C[C@H]1CN([C@@H](C)CO)C(=O)c2cc(NC(=O)Nc3ccc4c(c3)OCO4)ccc2O[C@H]1CN(C)S(=O)(=O)c1ccc(F)cc1. The number of fused-ring (bicyclic) bond motifs is 2. The number of aliphatic hydroxyl groups is 1. The largest absolute Gasteiger partial charge is 0.488 e. The number of ether oxygens (including phenoxy) is 3.